The second kappa shape index (κ2) is 8.80. The van der Waals surface area contributed by atoms with E-state index in [1.165, 1.54) is 0 Å². The Balaban J connectivity index is 1.42. The summed E-state index contributed by atoms with van der Waals surface area (Å²) in [6, 6.07) is 9.57. The summed E-state index contributed by atoms with van der Waals surface area (Å²) in [5.74, 6) is -0.691. The maximum absolute atomic E-state index is 12.4. The molecule has 1 aromatic carbocycles. The molecule has 3 rings (SSSR count). The van der Waals surface area contributed by atoms with Crippen LogP contribution < -0.4 is 0 Å². The molecular formula is C19H24N2O5. The zero-order valence-corrected chi connectivity index (χ0v) is 14.8. The first kappa shape index (κ1) is 18.4. The minimum absolute atomic E-state index is 0.121. The quantitative estimate of drug-likeness (QED) is 0.729. The van der Waals surface area contributed by atoms with Crippen molar-refractivity contribution in [2.45, 2.75) is 32.0 Å². The Morgan fingerprint density at radius 2 is 1.92 bits per heavy atom. The topological polar surface area (TPSA) is 76.2 Å². The van der Waals surface area contributed by atoms with Crippen molar-refractivity contribution in [2.75, 3.05) is 32.7 Å². The number of cyclic esters (lactones) is 1. The Labute approximate surface area is 152 Å². The molecule has 1 aromatic rings. The van der Waals surface area contributed by atoms with Gasteiger partial charge in [-0.25, -0.2) is 0 Å². The molecule has 2 fully saturated rings. The van der Waals surface area contributed by atoms with Crippen LogP contribution in [0.5, 0.6) is 0 Å². The molecule has 0 radical (unpaired) electrons. The van der Waals surface area contributed by atoms with Crippen LogP contribution in [0.2, 0.25) is 0 Å². The van der Waals surface area contributed by atoms with Crippen LogP contribution in [0, 0.1) is 0 Å². The second-order valence-corrected chi connectivity index (χ2v) is 6.62. The molecular weight excluding hydrogens is 336 g/mol. The standard InChI is InChI=1S/C19H24N2O5/c22-17-8-7-16(26-17)19(24)21-10-4-9-20(11-12-21)13-18(23)25-14-15-5-2-1-3-6-15/h1-3,5-6,16H,4,7-14H2. The van der Waals surface area contributed by atoms with Gasteiger partial charge in [0.25, 0.3) is 5.91 Å². The number of benzene rings is 1. The summed E-state index contributed by atoms with van der Waals surface area (Å²) < 4.78 is 10.4. The molecule has 0 spiro atoms. The lowest BCUT2D eigenvalue weighted by Gasteiger charge is -2.23. The minimum Gasteiger partial charge on any atom is -0.460 e. The first-order valence-electron chi connectivity index (χ1n) is 9.02. The van der Waals surface area contributed by atoms with Crippen LogP contribution in [-0.4, -0.2) is 66.5 Å². The van der Waals surface area contributed by atoms with Gasteiger partial charge >= 0.3 is 11.9 Å². The third-order valence-corrected chi connectivity index (χ3v) is 4.66. The fourth-order valence-corrected chi connectivity index (χ4v) is 3.22. The Hall–Kier alpha value is -2.41. The largest absolute Gasteiger partial charge is 0.460 e. The van der Waals surface area contributed by atoms with Crippen LogP contribution in [0.15, 0.2) is 30.3 Å². The predicted octanol–water partition coefficient (Wildman–Crippen LogP) is 0.970. The van der Waals surface area contributed by atoms with Crippen LogP contribution in [-0.2, 0) is 30.5 Å². The van der Waals surface area contributed by atoms with E-state index >= 15 is 0 Å². The molecule has 2 aliphatic heterocycles. The number of carbonyl (C=O) groups excluding carboxylic acids is 3. The molecule has 1 unspecified atom stereocenters. The van der Waals surface area contributed by atoms with Gasteiger partial charge in [-0.05, 0) is 12.0 Å². The van der Waals surface area contributed by atoms with Gasteiger partial charge in [-0.15, -0.1) is 0 Å². The summed E-state index contributed by atoms with van der Waals surface area (Å²) in [6.07, 6.45) is 0.913. The van der Waals surface area contributed by atoms with Crippen molar-refractivity contribution in [1.82, 2.24) is 9.80 Å². The molecule has 7 nitrogen and oxygen atoms in total. The van der Waals surface area contributed by atoms with E-state index in [1.54, 1.807) is 4.90 Å². The van der Waals surface area contributed by atoms with E-state index in [2.05, 4.69) is 0 Å². The first-order valence-corrected chi connectivity index (χ1v) is 9.02. The van der Waals surface area contributed by atoms with E-state index in [9.17, 15) is 14.4 Å². The lowest BCUT2D eigenvalue weighted by atomic mass is 10.2. The van der Waals surface area contributed by atoms with Gasteiger partial charge in [0.05, 0.1) is 6.54 Å². The molecule has 2 saturated heterocycles. The monoisotopic (exact) mass is 360 g/mol. The zero-order chi connectivity index (χ0) is 18.4. The number of carbonyl (C=O) groups is 3. The highest BCUT2D eigenvalue weighted by molar-refractivity contribution is 5.86. The SMILES string of the molecule is O=C(CN1CCCN(C(=O)C2CCC(=O)O2)CC1)OCc1ccccc1. The van der Waals surface area contributed by atoms with Crippen LogP contribution in [0.25, 0.3) is 0 Å². The van der Waals surface area contributed by atoms with Crippen molar-refractivity contribution in [1.29, 1.82) is 0 Å². The summed E-state index contributed by atoms with van der Waals surface area (Å²) in [5, 5.41) is 0. The third-order valence-electron chi connectivity index (χ3n) is 4.66. The second-order valence-electron chi connectivity index (χ2n) is 6.62. The lowest BCUT2D eigenvalue weighted by molar-refractivity contribution is -0.152. The molecule has 140 valence electrons. The number of rotatable bonds is 5. The van der Waals surface area contributed by atoms with Crippen molar-refractivity contribution in [3.8, 4) is 0 Å². The van der Waals surface area contributed by atoms with Gasteiger partial charge in [-0.2, -0.15) is 0 Å². The molecule has 0 N–H and O–H groups in total. The molecule has 0 saturated carbocycles. The van der Waals surface area contributed by atoms with Crippen molar-refractivity contribution >= 4 is 17.8 Å². The average Bonchev–Trinajstić information content (AvgIpc) is 2.95. The molecule has 0 aromatic heterocycles. The molecule has 0 aliphatic carbocycles. The third kappa shape index (κ3) is 5.05. The number of esters is 2. The predicted molar refractivity (Wildman–Crippen MR) is 93.0 cm³/mol. The molecule has 7 heteroatoms. The highest BCUT2D eigenvalue weighted by Crippen LogP contribution is 2.17. The Bertz CT molecular complexity index is 649. The number of hydrogen-bond acceptors (Lipinski definition) is 6. The van der Waals surface area contributed by atoms with Crippen LogP contribution in [0.4, 0.5) is 0 Å². The van der Waals surface area contributed by atoms with E-state index in [4.69, 9.17) is 9.47 Å². The molecule has 2 aliphatic rings. The van der Waals surface area contributed by atoms with Crippen LogP contribution in [0.1, 0.15) is 24.8 Å². The van der Waals surface area contributed by atoms with Gasteiger partial charge in [-0.3, -0.25) is 19.3 Å². The van der Waals surface area contributed by atoms with Crippen LogP contribution in [0.3, 0.4) is 0 Å². The van der Waals surface area contributed by atoms with Gasteiger partial charge in [0.15, 0.2) is 6.10 Å². The number of ether oxygens (including phenoxy) is 2. The van der Waals surface area contributed by atoms with E-state index in [0.717, 1.165) is 18.5 Å². The first-order chi connectivity index (χ1) is 12.6. The highest BCUT2D eigenvalue weighted by atomic mass is 16.6. The van der Waals surface area contributed by atoms with E-state index < -0.39 is 6.10 Å². The average molecular weight is 360 g/mol. The number of hydrogen-bond donors (Lipinski definition) is 0. The maximum Gasteiger partial charge on any atom is 0.320 e. The maximum atomic E-state index is 12.4. The van der Waals surface area contributed by atoms with Crippen molar-refractivity contribution in [3.63, 3.8) is 0 Å². The normalized spacial score (nSPS) is 21.2. The van der Waals surface area contributed by atoms with Gasteiger partial charge in [0.2, 0.25) is 0 Å². The van der Waals surface area contributed by atoms with Crippen molar-refractivity contribution in [3.05, 3.63) is 35.9 Å². The Kier molecular flexibility index (Phi) is 6.22. The summed E-state index contributed by atoms with van der Waals surface area (Å²) in [4.78, 5) is 39.4. The van der Waals surface area contributed by atoms with E-state index in [-0.39, 0.29) is 31.0 Å². The van der Waals surface area contributed by atoms with E-state index in [1.807, 2.05) is 35.2 Å². The highest BCUT2D eigenvalue weighted by Gasteiger charge is 2.33. The molecule has 26 heavy (non-hydrogen) atoms. The van der Waals surface area contributed by atoms with Crippen LogP contribution >= 0.6 is 0 Å². The molecule has 0 bridgehead atoms. The van der Waals surface area contributed by atoms with Gasteiger partial charge in [0, 0.05) is 39.0 Å². The molecule has 1 atom stereocenters. The van der Waals surface area contributed by atoms with E-state index in [0.29, 0.717) is 32.5 Å². The zero-order valence-electron chi connectivity index (χ0n) is 14.8. The molecule has 2 heterocycles. The Morgan fingerprint density at radius 1 is 1.12 bits per heavy atom. The molecule has 1 amide bonds. The number of nitrogens with zero attached hydrogens (tertiary/aromatic N) is 2. The smallest absolute Gasteiger partial charge is 0.320 e. The Morgan fingerprint density at radius 3 is 2.65 bits per heavy atom. The van der Waals surface area contributed by atoms with Crippen molar-refractivity contribution in [2.24, 2.45) is 0 Å². The van der Waals surface area contributed by atoms with Crippen molar-refractivity contribution < 1.29 is 23.9 Å². The lowest BCUT2D eigenvalue weighted by Crippen LogP contribution is -2.41. The summed E-state index contributed by atoms with van der Waals surface area (Å²) in [5.41, 5.74) is 0.958. The summed E-state index contributed by atoms with van der Waals surface area (Å²) >= 11 is 0. The fourth-order valence-electron chi connectivity index (χ4n) is 3.22. The minimum atomic E-state index is -0.634. The van der Waals surface area contributed by atoms with Gasteiger partial charge < -0.3 is 14.4 Å². The summed E-state index contributed by atoms with van der Waals surface area (Å²) in [7, 11) is 0. The van der Waals surface area contributed by atoms with Gasteiger partial charge in [0.1, 0.15) is 6.61 Å². The fraction of sp³-hybridized carbons (Fsp3) is 0.526. The summed E-state index contributed by atoms with van der Waals surface area (Å²) in [6.45, 7) is 2.96. The van der Waals surface area contributed by atoms with Gasteiger partial charge in [-0.1, -0.05) is 30.3 Å². The number of amides is 1.